The quantitative estimate of drug-likeness (QED) is 0.690. The van der Waals surface area contributed by atoms with Gasteiger partial charge in [0, 0.05) is 5.92 Å². The van der Waals surface area contributed by atoms with Gasteiger partial charge in [-0.25, -0.2) is 0 Å². The van der Waals surface area contributed by atoms with Crippen molar-refractivity contribution in [1.82, 2.24) is 0 Å². The first-order chi connectivity index (χ1) is 10.2. The summed E-state index contributed by atoms with van der Waals surface area (Å²) in [7, 11) is 1.78. The zero-order valence-corrected chi connectivity index (χ0v) is 15.4. The van der Waals surface area contributed by atoms with E-state index >= 15 is 0 Å². The van der Waals surface area contributed by atoms with Crippen LogP contribution in [0.25, 0.3) is 0 Å². The van der Waals surface area contributed by atoms with E-state index in [1.54, 1.807) is 7.11 Å². The molecule has 2 rings (SSSR count). The monoisotopic (exact) mass is 298 g/mol. The lowest BCUT2D eigenvalue weighted by Gasteiger charge is -2.45. The molecule has 0 spiro atoms. The Morgan fingerprint density at radius 2 is 1.71 bits per heavy atom. The molecule has 0 amide bonds. The zero-order valence-electron chi connectivity index (χ0n) is 15.4. The van der Waals surface area contributed by atoms with Crippen molar-refractivity contribution in [2.24, 2.45) is 23.7 Å². The second-order valence-corrected chi connectivity index (χ2v) is 5.87. The minimum Gasteiger partial charge on any atom is -0.501 e. The summed E-state index contributed by atoms with van der Waals surface area (Å²) in [5.74, 6) is 3.61. The molecule has 126 valence electrons. The lowest BCUT2D eigenvalue weighted by Crippen LogP contribution is -2.40. The first kappa shape index (κ1) is 20.5. The summed E-state index contributed by atoms with van der Waals surface area (Å²) < 4.78 is 5.51. The van der Waals surface area contributed by atoms with Gasteiger partial charge < -0.3 is 9.84 Å². The predicted octanol–water partition coefficient (Wildman–Crippen LogP) is 5.41. The Labute approximate surface area is 133 Å². The molecule has 5 atom stereocenters. The van der Waals surface area contributed by atoms with Crippen molar-refractivity contribution in [1.29, 1.82) is 0 Å². The Bertz CT molecular complexity index is 285. The van der Waals surface area contributed by atoms with Gasteiger partial charge in [0.2, 0.25) is 0 Å². The number of ether oxygens (including phenoxy) is 1. The van der Waals surface area contributed by atoms with E-state index in [1.165, 1.54) is 19.3 Å². The molecule has 0 aromatic carbocycles. The largest absolute Gasteiger partial charge is 0.501 e. The molecule has 0 bridgehead atoms. The van der Waals surface area contributed by atoms with Crippen LogP contribution in [-0.2, 0) is 4.74 Å². The standard InChI is InChI=1S/C15H26O2.2C2H6/c1-4-15(17-3)12-9-11-6-5-7-14(16)13(11)8-10(12)2;2*1-2/h4,10-14,16H,5-9H2,1-3H3;2*1-2H3/b15-4-;;/t10-,11-,12?,13+,14-;;/m0../s1. The normalized spacial score (nSPS) is 35.4. The van der Waals surface area contributed by atoms with Gasteiger partial charge in [0.15, 0.2) is 0 Å². The number of aliphatic hydroxyl groups is 1. The minimum absolute atomic E-state index is 0.0475. The van der Waals surface area contributed by atoms with Crippen LogP contribution in [-0.4, -0.2) is 18.3 Å². The van der Waals surface area contributed by atoms with E-state index < -0.39 is 0 Å². The SMILES string of the molecule is C/C=C(\OC)C1C[C@@H]2CCC[C@H](O)[C@@H]2C[C@@H]1C.CC.CC. The molecular formula is C19H38O2. The van der Waals surface area contributed by atoms with Gasteiger partial charge in [0.1, 0.15) is 0 Å². The molecule has 2 nitrogen and oxygen atoms in total. The molecule has 0 aromatic rings. The van der Waals surface area contributed by atoms with Gasteiger partial charge in [0.05, 0.1) is 19.0 Å². The van der Waals surface area contributed by atoms with E-state index in [4.69, 9.17) is 4.74 Å². The smallest absolute Gasteiger partial charge is 0.0946 e. The third-order valence-electron chi connectivity index (χ3n) is 4.95. The van der Waals surface area contributed by atoms with Crippen molar-refractivity contribution in [3.05, 3.63) is 11.8 Å². The molecule has 0 saturated heterocycles. The number of allylic oxidation sites excluding steroid dienone is 2. The molecule has 1 N–H and O–H groups in total. The fourth-order valence-electron chi connectivity index (χ4n) is 4.01. The lowest BCUT2D eigenvalue weighted by atomic mass is 9.62. The molecule has 2 saturated carbocycles. The van der Waals surface area contributed by atoms with Crippen LogP contribution in [0.2, 0.25) is 0 Å². The van der Waals surface area contributed by atoms with Gasteiger partial charge in [-0.05, 0) is 56.4 Å². The fourth-order valence-corrected chi connectivity index (χ4v) is 4.01. The van der Waals surface area contributed by atoms with Crippen LogP contribution in [0, 0.1) is 23.7 Å². The van der Waals surface area contributed by atoms with E-state index in [0.717, 1.165) is 18.6 Å². The summed E-state index contributed by atoms with van der Waals surface area (Å²) >= 11 is 0. The zero-order chi connectivity index (χ0) is 16.4. The third kappa shape index (κ3) is 5.32. The summed E-state index contributed by atoms with van der Waals surface area (Å²) in [6.07, 6.45) is 7.94. The van der Waals surface area contributed by atoms with Crippen molar-refractivity contribution in [2.75, 3.05) is 7.11 Å². The summed E-state index contributed by atoms with van der Waals surface area (Å²) in [6.45, 7) is 12.4. The molecule has 1 unspecified atom stereocenters. The number of methoxy groups -OCH3 is 1. The minimum atomic E-state index is -0.0475. The van der Waals surface area contributed by atoms with Crippen LogP contribution >= 0.6 is 0 Å². The molecule has 0 radical (unpaired) electrons. The molecule has 0 aromatic heterocycles. The van der Waals surface area contributed by atoms with Crippen molar-refractivity contribution in [3.63, 3.8) is 0 Å². The maximum atomic E-state index is 10.1. The van der Waals surface area contributed by atoms with Crippen molar-refractivity contribution in [3.8, 4) is 0 Å². The first-order valence-corrected chi connectivity index (χ1v) is 9.05. The Kier molecular flexibility index (Phi) is 10.9. The second-order valence-electron chi connectivity index (χ2n) is 5.87. The van der Waals surface area contributed by atoms with Crippen LogP contribution in [0.1, 0.15) is 73.6 Å². The molecule has 2 heteroatoms. The average molecular weight is 299 g/mol. The number of hydrogen-bond acceptors (Lipinski definition) is 2. The summed E-state index contributed by atoms with van der Waals surface area (Å²) in [5.41, 5.74) is 0. The Hall–Kier alpha value is -0.500. The van der Waals surface area contributed by atoms with Gasteiger partial charge in [0.25, 0.3) is 0 Å². The highest BCUT2D eigenvalue weighted by Gasteiger charge is 2.41. The van der Waals surface area contributed by atoms with Crippen LogP contribution < -0.4 is 0 Å². The fraction of sp³-hybridized carbons (Fsp3) is 0.895. The molecule has 2 aliphatic carbocycles. The topological polar surface area (TPSA) is 29.5 Å². The van der Waals surface area contributed by atoms with Crippen LogP contribution in [0.15, 0.2) is 11.8 Å². The van der Waals surface area contributed by atoms with Crippen molar-refractivity contribution < 1.29 is 9.84 Å². The molecule has 2 aliphatic rings. The third-order valence-corrected chi connectivity index (χ3v) is 4.95. The number of hydrogen-bond donors (Lipinski definition) is 1. The highest BCUT2D eigenvalue weighted by atomic mass is 16.5. The predicted molar refractivity (Wildman–Crippen MR) is 92.2 cm³/mol. The van der Waals surface area contributed by atoms with Crippen LogP contribution in [0.4, 0.5) is 0 Å². The van der Waals surface area contributed by atoms with E-state index in [1.807, 2.05) is 27.7 Å². The molecule has 0 aliphatic heterocycles. The lowest BCUT2D eigenvalue weighted by molar-refractivity contribution is -0.0224. The van der Waals surface area contributed by atoms with Gasteiger partial charge in [-0.3, -0.25) is 0 Å². The van der Waals surface area contributed by atoms with Crippen LogP contribution in [0.3, 0.4) is 0 Å². The Morgan fingerprint density at radius 1 is 1.10 bits per heavy atom. The average Bonchev–Trinajstić information content (AvgIpc) is 2.54. The second kappa shape index (κ2) is 11.1. The maximum absolute atomic E-state index is 10.1. The van der Waals surface area contributed by atoms with Crippen LogP contribution in [0.5, 0.6) is 0 Å². The molecule has 21 heavy (non-hydrogen) atoms. The summed E-state index contributed by atoms with van der Waals surface area (Å²) in [5, 5.41) is 10.1. The van der Waals surface area contributed by atoms with Crippen molar-refractivity contribution in [2.45, 2.75) is 79.8 Å². The molecule has 2 fully saturated rings. The van der Waals surface area contributed by atoms with E-state index in [2.05, 4.69) is 19.9 Å². The number of rotatable bonds is 2. The van der Waals surface area contributed by atoms with E-state index in [0.29, 0.717) is 23.7 Å². The molecule has 0 heterocycles. The van der Waals surface area contributed by atoms with Gasteiger partial charge in [-0.2, -0.15) is 0 Å². The Morgan fingerprint density at radius 3 is 2.24 bits per heavy atom. The van der Waals surface area contributed by atoms with Gasteiger partial charge in [-0.1, -0.05) is 41.0 Å². The van der Waals surface area contributed by atoms with Gasteiger partial charge >= 0.3 is 0 Å². The number of fused-ring (bicyclic) bond motifs is 1. The molecular weight excluding hydrogens is 260 g/mol. The van der Waals surface area contributed by atoms with Crippen molar-refractivity contribution >= 4 is 0 Å². The number of aliphatic hydroxyl groups excluding tert-OH is 1. The Balaban J connectivity index is 0.000000921. The first-order valence-electron chi connectivity index (χ1n) is 9.05. The van der Waals surface area contributed by atoms with Gasteiger partial charge in [-0.15, -0.1) is 0 Å². The maximum Gasteiger partial charge on any atom is 0.0946 e. The highest BCUT2D eigenvalue weighted by Crippen LogP contribution is 2.47. The summed E-state index contributed by atoms with van der Waals surface area (Å²) in [6, 6.07) is 0. The van der Waals surface area contributed by atoms with E-state index in [-0.39, 0.29) is 6.10 Å². The highest BCUT2D eigenvalue weighted by molar-refractivity contribution is 5.04. The summed E-state index contributed by atoms with van der Waals surface area (Å²) in [4.78, 5) is 0. The van der Waals surface area contributed by atoms with E-state index in [9.17, 15) is 5.11 Å².